The smallest absolute Gasteiger partial charge is 0.258 e. The molecule has 3 aromatic carbocycles. The molecule has 0 aliphatic heterocycles. The van der Waals surface area contributed by atoms with Gasteiger partial charge in [-0.2, -0.15) is 0 Å². The van der Waals surface area contributed by atoms with E-state index in [1.54, 1.807) is 37.4 Å². The molecule has 0 aliphatic rings. The van der Waals surface area contributed by atoms with Crippen LogP contribution in [0.2, 0.25) is 0 Å². The number of nitrogens with one attached hydrogen (secondary N) is 2. The molecule has 1 aromatic heterocycles. The van der Waals surface area contributed by atoms with Gasteiger partial charge in [0.15, 0.2) is 0 Å². The van der Waals surface area contributed by atoms with Crippen LogP contribution in [-0.4, -0.2) is 16.8 Å². The molecule has 0 radical (unpaired) electrons. The van der Waals surface area contributed by atoms with Gasteiger partial charge in [-0.25, -0.2) is 4.39 Å². The summed E-state index contributed by atoms with van der Waals surface area (Å²) in [5.41, 5.74) is 3.20. The van der Waals surface area contributed by atoms with Gasteiger partial charge in [-0.1, -0.05) is 36.4 Å². The molecule has 0 spiro atoms. The second-order valence-corrected chi connectivity index (χ2v) is 7.90. The first-order valence-corrected chi connectivity index (χ1v) is 11.1. The Bertz CT molecular complexity index is 1340. The number of nitrogens with zero attached hydrogens (tertiary/aromatic N) is 1. The maximum absolute atomic E-state index is 13.9. The average molecular weight is 470 g/mol. The number of ether oxygens (including phenoxy) is 1. The number of carbonyl (C=O) groups excluding carboxylic acids is 2. The molecule has 2 N–H and O–H groups in total. The first-order valence-electron chi connectivity index (χ1n) is 11.1. The number of pyridine rings is 1. The molecule has 0 bridgehead atoms. The zero-order valence-electron chi connectivity index (χ0n) is 19.1. The molecule has 0 saturated carbocycles. The lowest BCUT2D eigenvalue weighted by Crippen LogP contribution is -2.23. The Labute approximate surface area is 202 Å². The minimum Gasteiger partial charge on any atom is -0.487 e. The highest BCUT2D eigenvalue weighted by molar-refractivity contribution is 6.05. The van der Waals surface area contributed by atoms with Crippen molar-refractivity contribution < 1.29 is 18.7 Å². The van der Waals surface area contributed by atoms with Crippen molar-refractivity contribution in [3.63, 3.8) is 0 Å². The highest BCUT2D eigenvalue weighted by Gasteiger charge is 2.14. The van der Waals surface area contributed by atoms with Crippen LogP contribution in [0.4, 0.5) is 10.1 Å². The standard InChI is InChI=1S/C28H24FN3O3/c1-19-12-13-21(16-26(19)32-28(34)24-10-2-3-11-25(24)29)27(33)31-17-20-7-6-9-23(15-20)35-18-22-8-4-5-14-30-22/h2-16H,17-18H2,1H3,(H,31,33)(H,32,34). The zero-order valence-corrected chi connectivity index (χ0v) is 19.1. The summed E-state index contributed by atoms with van der Waals surface area (Å²) in [5, 5.41) is 5.57. The third kappa shape index (κ3) is 6.29. The van der Waals surface area contributed by atoms with E-state index in [1.165, 1.54) is 18.2 Å². The lowest BCUT2D eigenvalue weighted by atomic mass is 10.1. The van der Waals surface area contributed by atoms with E-state index in [1.807, 2.05) is 42.5 Å². The SMILES string of the molecule is Cc1ccc(C(=O)NCc2cccc(OCc3ccccn3)c2)cc1NC(=O)c1ccccc1F. The second kappa shape index (κ2) is 11.1. The fraction of sp³-hybridized carbons (Fsp3) is 0.107. The van der Waals surface area contributed by atoms with Crippen LogP contribution in [-0.2, 0) is 13.2 Å². The van der Waals surface area contributed by atoms with E-state index >= 15 is 0 Å². The lowest BCUT2D eigenvalue weighted by Gasteiger charge is -2.12. The third-order valence-corrected chi connectivity index (χ3v) is 5.33. The van der Waals surface area contributed by atoms with Gasteiger partial charge >= 0.3 is 0 Å². The summed E-state index contributed by atoms with van der Waals surface area (Å²) in [6.45, 7) is 2.45. The van der Waals surface area contributed by atoms with Gasteiger partial charge < -0.3 is 15.4 Å². The van der Waals surface area contributed by atoms with Crippen molar-refractivity contribution in [1.29, 1.82) is 0 Å². The average Bonchev–Trinajstić information content (AvgIpc) is 2.88. The fourth-order valence-corrected chi connectivity index (χ4v) is 3.40. The summed E-state index contributed by atoms with van der Waals surface area (Å²) in [5.74, 6) is -0.809. The number of hydrogen-bond donors (Lipinski definition) is 2. The molecule has 0 atom stereocenters. The van der Waals surface area contributed by atoms with Gasteiger partial charge in [0.1, 0.15) is 18.2 Å². The van der Waals surface area contributed by atoms with Crippen molar-refractivity contribution in [2.24, 2.45) is 0 Å². The lowest BCUT2D eigenvalue weighted by molar-refractivity contribution is 0.0949. The van der Waals surface area contributed by atoms with Crippen LogP contribution in [0.3, 0.4) is 0 Å². The Morgan fingerprint density at radius 3 is 2.54 bits per heavy atom. The maximum Gasteiger partial charge on any atom is 0.258 e. The van der Waals surface area contributed by atoms with Crippen LogP contribution < -0.4 is 15.4 Å². The number of aromatic nitrogens is 1. The van der Waals surface area contributed by atoms with E-state index in [0.29, 0.717) is 30.2 Å². The highest BCUT2D eigenvalue weighted by Crippen LogP contribution is 2.20. The summed E-state index contributed by atoms with van der Waals surface area (Å²) >= 11 is 0. The molecule has 0 aliphatic carbocycles. The van der Waals surface area contributed by atoms with Gasteiger partial charge in [-0.3, -0.25) is 14.6 Å². The summed E-state index contributed by atoms with van der Waals surface area (Å²) in [7, 11) is 0. The Kier molecular flexibility index (Phi) is 7.47. The predicted molar refractivity (Wildman–Crippen MR) is 132 cm³/mol. The van der Waals surface area contributed by atoms with Gasteiger partial charge in [-0.05, 0) is 66.6 Å². The van der Waals surface area contributed by atoms with Crippen molar-refractivity contribution in [2.45, 2.75) is 20.1 Å². The first kappa shape index (κ1) is 23.6. The first-order chi connectivity index (χ1) is 17.0. The van der Waals surface area contributed by atoms with E-state index < -0.39 is 11.7 Å². The normalized spacial score (nSPS) is 10.5. The molecule has 7 heteroatoms. The number of hydrogen-bond acceptors (Lipinski definition) is 4. The summed E-state index contributed by atoms with van der Waals surface area (Å²) in [6.07, 6.45) is 1.71. The number of amides is 2. The molecule has 35 heavy (non-hydrogen) atoms. The van der Waals surface area contributed by atoms with Crippen LogP contribution in [0.15, 0.2) is 91.1 Å². The number of carbonyl (C=O) groups is 2. The molecule has 1 heterocycles. The quantitative estimate of drug-likeness (QED) is 0.367. The van der Waals surface area contributed by atoms with Gasteiger partial charge in [0.2, 0.25) is 0 Å². The summed E-state index contributed by atoms with van der Waals surface area (Å²) in [6, 6.07) is 23.8. The molecule has 2 amide bonds. The fourth-order valence-electron chi connectivity index (χ4n) is 3.40. The van der Waals surface area contributed by atoms with Crippen LogP contribution >= 0.6 is 0 Å². The Balaban J connectivity index is 1.38. The van der Waals surface area contributed by atoms with Crippen LogP contribution in [0.25, 0.3) is 0 Å². The number of rotatable bonds is 8. The van der Waals surface area contributed by atoms with Gasteiger partial charge in [0, 0.05) is 24.0 Å². The maximum atomic E-state index is 13.9. The van der Waals surface area contributed by atoms with Crippen LogP contribution in [0, 0.1) is 12.7 Å². The zero-order chi connectivity index (χ0) is 24.6. The third-order valence-electron chi connectivity index (χ3n) is 5.33. The largest absolute Gasteiger partial charge is 0.487 e. The van der Waals surface area contributed by atoms with Crippen molar-refractivity contribution >= 4 is 17.5 Å². The van der Waals surface area contributed by atoms with Gasteiger partial charge in [0.25, 0.3) is 11.8 Å². The number of anilines is 1. The Hall–Kier alpha value is -4.52. The van der Waals surface area contributed by atoms with Crippen molar-refractivity contribution in [3.8, 4) is 5.75 Å². The molecule has 4 aromatic rings. The highest BCUT2D eigenvalue weighted by atomic mass is 19.1. The van der Waals surface area contributed by atoms with E-state index in [9.17, 15) is 14.0 Å². The molecule has 4 rings (SSSR count). The molecule has 6 nitrogen and oxygen atoms in total. The Morgan fingerprint density at radius 2 is 1.74 bits per heavy atom. The molecule has 0 fully saturated rings. The molecule has 176 valence electrons. The van der Waals surface area contributed by atoms with E-state index in [2.05, 4.69) is 15.6 Å². The number of aryl methyl sites for hydroxylation is 1. The number of halogens is 1. The topological polar surface area (TPSA) is 80.3 Å². The van der Waals surface area contributed by atoms with Crippen molar-refractivity contribution in [3.05, 3.63) is 125 Å². The number of benzene rings is 3. The minimum absolute atomic E-state index is 0.0631. The molecule has 0 unspecified atom stereocenters. The van der Waals surface area contributed by atoms with E-state index in [-0.39, 0.29) is 11.5 Å². The molecule has 0 saturated heterocycles. The molecular weight excluding hydrogens is 445 g/mol. The monoisotopic (exact) mass is 469 g/mol. The van der Waals surface area contributed by atoms with E-state index in [0.717, 1.165) is 16.8 Å². The minimum atomic E-state index is -0.609. The molecular formula is C28H24FN3O3. The summed E-state index contributed by atoms with van der Waals surface area (Å²) in [4.78, 5) is 29.5. The van der Waals surface area contributed by atoms with E-state index in [4.69, 9.17) is 4.74 Å². The van der Waals surface area contributed by atoms with Crippen LogP contribution in [0.5, 0.6) is 5.75 Å². The van der Waals surface area contributed by atoms with Crippen LogP contribution in [0.1, 0.15) is 37.5 Å². The van der Waals surface area contributed by atoms with Crippen molar-refractivity contribution in [2.75, 3.05) is 5.32 Å². The van der Waals surface area contributed by atoms with Gasteiger partial charge in [-0.15, -0.1) is 0 Å². The van der Waals surface area contributed by atoms with Crippen molar-refractivity contribution in [1.82, 2.24) is 10.3 Å². The second-order valence-electron chi connectivity index (χ2n) is 7.90. The van der Waals surface area contributed by atoms with Gasteiger partial charge in [0.05, 0.1) is 11.3 Å². The predicted octanol–water partition coefficient (Wildman–Crippen LogP) is 5.29. The Morgan fingerprint density at radius 1 is 0.914 bits per heavy atom. The summed E-state index contributed by atoms with van der Waals surface area (Å²) < 4.78 is 19.7.